The maximum atomic E-state index is 12.6. The van der Waals surface area contributed by atoms with E-state index in [2.05, 4.69) is 29.2 Å². The second kappa shape index (κ2) is 9.09. The third-order valence-electron chi connectivity index (χ3n) is 4.30. The van der Waals surface area contributed by atoms with Crippen LogP contribution in [0.3, 0.4) is 0 Å². The highest BCUT2D eigenvalue weighted by Gasteiger charge is 2.17. The number of nitrogens with one attached hydrogen (secondary N) is 1. The minimum Gasteiger partial charge on any atom is -0.493 e. The van der Waals surface area contributed by atoms with Gasteiger partial charge in [0.15, 0.2) is 11.5 Å². The monoisotopic (exact) mass is 414 g/mol. The zero-order chi connectivity index (χ0) is 21.0. The number of aryl methyl sites for hydroxylation is 1. The molecule has 0 aliphatic rings. The summed E-state index contributed by atoms with van der Waals surface area (Å²) in [7, 11) is 3.46. The smallest absolute Gasteiger partial charge is 0.271 e. The summed E-state index contributed by atoms with van der Waals surface area (Å²) in [6, 6.07) is 5.50. The molecule has 2 aromatic heterocycles. The number of carbonyl (C=O) groups is 1. The molecule has 2 heterocycles. The molecule has 0 spiro atoms. The molecule has 0 radical (unpaired) electrons. The molecule has 1 N–H and O–H groups in total. The predicted octanol–water partition coefficient (Wildman–Crippen LogP) is 4.08. The molecule has 0 saturated carbocycles. The second-order valence-electron chi connectivity index (χ2n) is 7.25. The average molecular weight is 415 g/mol. The molecule has 7 nitrogen and oxygen atoms in total. The molecule has 3 rings (SSSR count). The number of amides is 1. The quantitative estimate of drug-likeness (QED) is 0.601. The van der Waals surface area contributed by atoms with E-state index in [4.69, 9.17) is 9.47 Å². The highest BCUT2D eigenvalue weighted by Crippen LogP contribution is 2.31. The molecule has 154 valence electrons. The van der Waals surface area contributed by atoms with Gasteiger partial charge < -0.3 is 14.8 Å². The van der Waals surface area contributed by atoms with E-state index in [1.54, 1.807) is 23.4 Å². The Hall–Kier alpha value is -2.87. The van der Waals surface area contributed by atoms with Crippen LogP contribution in [0.2, 0.25) is 0 Å². The number of hydrogen-bond acceptors (Lipinski definition) is 6. The van der Waals surface area contributed by atoms with E-state index >= 15 is 0 Å². The van der Waals surface area contributed by atoms with Crippen LogP contribution in [-0.2, 0) is 7.05 Å². The normalized spacial score (nSPS) is 12.1. The molecule has 1 aromatic carbocycles. The Morgan fingerprint density at radius 2 is 2.07 bits per heavy atom. The molecule has 0 aliphatic heterocycles. The molecule has 8 heteroatoms. The van der Waals surface area contributed by atoms with Gasteiger partial charge in [-0.15, -0.1) is 11.3 Å². The summed E-state index contributed by atoms with van der Waals surface area (Å²) >= 11 is 1.42. The Labute approximate surface area is 174 Å². The van der Waals surface area contributed by atoms with E-state index in [9.17, 15) is 4.79 Å². The summed E-state index contributed by atoms with van der Waals surface area (Å²) in [5.74, 6) is 1.55. The summed E-state index contributed by atoms with van der Waals surface area (Å²) in [6.07, 6.45) is 3.61. The minimum absolute atomic E-state index is 0.209. The average Bonchev–Trinajstić information content (AvgIpc) is 3.35. The molecule has 0 aliphatic carbocycles. The van der Waals surface area contributed by atoms with Crippen LogP contribution in [0.4, 0.5) is 0 Å². The predicted molar refractivity (Wildman–Crippen MR) is 114 cm³/mol. The van der Waals surface area contributed by atoms with Crippen molar-refractivity contribution in [3.05, 3.63) is 47.2 Å². The minimum atomic E-state index is -0.219. The van der Waals surface area contributed by atoms with Gasteiger partial charge in [-0.25, -0.2) is 4.98 Å². The molecule has 0 saturated heterocycles. The summed E-state index contributed by atoms with van der Waals surface area (Å²) < 4.78 is 13.0. The third-order valence-corrected chi connectivity index (χ3v) is 5.19. The number of benzene rings is 1. The van der Waals surface area contributed by atoms with Crippen molar-refractivity contribution in [2.45, 2.75) is 26.8 Å². The number of aromatic nitrogens is 3. The third kappa shape index (κ3) is 5.14. The van der Waals surface area contributed by atoms with E-state index in [0.29, 0.717) is 29.7 Å². The Bertz CT molecular complexity index is 980. The fraction of sp³-hybridized carbons (Fsp3) is 0.381. The maximum Gasteiger partial charge on any atom is 0.271 e. The van der Waals surface area contributed by atoms with Crippen molar-refractivity contribution in [1.82, 2.24) is 20.1 Å². The first-order chi connectivity index (χ1) is 13.9. The van der Waals surface area contributed by atoms with Gasteiger partial charge in [0, 0.05) is 24.2 Å². The van der Waals surface area contributed by atoms with Gasteiger partial charge in [0.25, 0.3) is 5.91 Å². The Morgan fingerprint density at radius 1 is 1.28 bits per heavy atom. The van der Waals surface area contributed by atoms with Gasteiger partial charge >= 0.3 is 0 Å². The van der Waals surface area contributed by atoms with Gasteiger partial charge in [-0.05, 0) is 30.5 Å². The fourth-order valence-electron chi connectivity index (χ4n) is 2.73. The molecule has 3 aromatic rings. The highest BCUT2D eigenvalue weighted by molar-refractivity contribution is 7.13. The Balaban J connectivity index is 1.68. The van der Waals surface area contributed by atoms with Crippen LogP contribution in [0.15, 0.2) is 36.0 Å². The summed E-state index contributed by atoms with van der Waals surface area (Å²) in [5, 5.41) is 9.66. The number of ether oxygens (including phenoxy) is 2. The Kier molecular flexibility index (Phi) is 6.53. The van der Waals surface area contributed by atoms with Crippen molar-refractivity contribution in [3.8, 4) is 22.1 Å². The van der Waals surface area contributed by atoms with Gasteiger partial charge in [0.1, 0.15) is 10.7 Å². The summed E-state index contributed by atoms with van der Waals surface area (Å²) in [6.45, 7) is 6.73. The molecular formula is C21H26N4O3S. The fourth-order valence-corrected chi connectivity index (χ4v) is 3.50. The van der Waals surface area contributed by atoms with E-state index in [0.717, 1.165) is 16.1 Å². The van der Waals surface area contributed by atoms with Gasteiger partial charge in [-0.3, -0.25) is 9.48 Å². The van der Waals surface area contributed by atoms with Crippen LogP contribution >= 0.6 is 11.3 Å². The van der Waals surface area contributed by atoms with Crippen molar-refractivity contribution >= 4 is 17.2 Å². The van der Waals surface area contributed by atoms with Crippen molar-refractivity contribution < 1.29 is 14.3 Å². The highest BCUT2D eigenvalue weighted by atomic mass is 32.1. The van der Waals surface area contributed by atoms with Crippen LogP contribution in [0.25, 0.3) is 10.6 Å². The van der Waals surface area contributed by atoms with Crippen molar-refractivity contribution in [1.29, 1.82) is 0 Å². The van der Waals surface area contributed by atoms with Crippen LogP contribution in [0.5, 0.6) is 11.5 Å². The first kappa shape index (κ1) is 20.9. The van der Waals surface area contributed by atoms with E-state index in [1.165, 1.54) is 11.3 Å². The largest absolute Gasteiger partial charge is 0.493 e. The maximum absolute atomic E-state index is 12.6. The van der Waals surface area contributed by atoms with Gasteiger partial charge in [0.05, 0.1) is 26.0 Å². The van der Waals surface area contributed by atoms with Crippen LogP contribution < -0.4 is 14.8 Å². The molecular weight excluding hydrogens is 388 g/mol. The van der Waals surface area contributed by atoms with Gasteiger partial charge in [-0.2, -0.15) is 5.10 Å². The first-order valence-electron chi connectivity index (χ1n) is 9.43. The number of carbonyl (C=O) groups excluding carboxylic acids is 1. The molecule has 29 heavy (non-hydrogen) atoms. The lowest BCUT2D eigenvalue weighted by molar-refractivity contribution is 0.0935. The van der Waals surface area contributed by atoms with Crippen molar-refractivity contribution in [2.24, 2.45) is 13.0 Å². The summed E-state index contributed by atoms with van der Waals surface area (Å²) in [5.41, 5.74) is 2.21. The van der Waals surface area contributed by atoms with E-state index in [-0.39, 0.29) is 11.9 Å². The number of nitrogens with zero attached hydrogens (tertiary/aromatic N) is 3. The van der Waals surface area contributed by atoms with Gasteiger partial charge in [-0.1, -0.05) is 19.9 Å². The topological polar surface area (TPSA) is 78.3 Å². The molecule has 0 fully saturated rings. The van der Waals surface area contributed by atoms with Crippen molar-refractivity contribution in [2.75, 3.05) is 13.7 Å². The molecule has 1 unspecified atom stereocenters. The van der Waals surface area contributed by atoms with Gasteiger partial charge in [0.2, 0.25) is 0 Å². The zero-order valence-electron chi connectivity index (χ0n) is 17.3. The number of rotatable bonds is 8. The molecule has 1 atom stereocenters. The van der Waals surface area contributed by atoms with Crippen LogP contribution in [-0.4, -0.2) is 34.4 Å². The number of hydrogen-bond donors (Lipinski definition) is 1. The van der Waals surface area contributed by atoms with Crippen LogP contribution in [0, 0.1) is 5.92 Å². The lowest BCUT2D eigenvalue weighted by atomic mass is 10.1. The zero-order valence-corrected chi connectivity index (χ0v) is 18.1. The second-order valence-corrected chi connectivity index (χ2v) is 8.11. The SMILES string of the molecule is COc1cc(C(C)NC(=O)c2csc(-c3cnn(C)c3)n2)ccc1OCC(C)C. The van der Waals surface area contributed by atoms with Crippen molar-refractivity contribution in [3.63, 3.8) is 0 Å². The lowest BCUT2D eigenvalue weighted by Crippen LogP contribution is -2.26. The summed E-state index contributed by atoms with van der Waals surface area (Å²) in [4.78, 5) is 17.1. The van der Waals surface area contributed by atoms with E-state index in [1.807, 2.05) is 38.4 Å². The van der Waals surface area contributed by atoms with Crippen LogP contribution in [0.1, 0.15) is 42.9 Å². The standard InChI is InChI=1S/C21H26N4O3S/c1-13(2)11-28-18-7-6-15(8-19(18)27-5)14(3)23-20(26)17-12-29-21(24-17)16-9-22-25(4)10-16/h6-10,12-14H,11H2,1-5H3,(H,23,26). The number of thiazole rings is 1. The Morgan fingerprint density at radius 3 is 2.72 bits per heavy atom. The first-order valence-corrected chi connectivity index (χ1v) is 10.3. The lowest BCUT2D eigenvalue weighted by Gasteiger charge is -2.17. The number of methoxy groups -OCH3 is 1. The molecule has 0 bridgehead atoms. The molecule has 1 amide bonds. The van der Waals surface area contributed by atoms with E-state index < -0.39 is 0 Å².